The molecule has 9 nitrogen and oxygen atoms in total. The van der Waals surface area contributed by atoms with Crippen LogP contribution < -0.4 is 16.0 Å². The molecule has 2 aliphatic heterocycles. The highest BCUT2D eigenvalue weighted by Crippen LogP contribution is 2.34. The summed E-state index contributed by atoms with van der Waals surface area (Å²) in [5.41, 5.74) is 2.93. The van der Waals surface area contributed by atoms with Crippen LogP contribution in [0.15, 0.2) is 24.7 Å². The maximum atomic E-state index is 15.4. The molecule has 1 amide bonds. The van der Waals surface area contributed by atoms with E-state index in [0.717, 1.165) is 18.6 Å². The summed E-state index contributed by atoms with van der Waals surface area (Å²) in [4.78, 5) is 26.2. The number of alkyl halides is 4. The van der Waals surface area contributed by atoms with Crippen molar-refractivity contribution >= 4 is 17.5 Å². The molecule has 196 valence electrons. The average molecular weight is 515 g/mol. The van der Waals surface area contributed by atoms with Gasteiger partial charge in [-0.1, -0.05) is 0 Å². The van der Waals surface area contributed by atoms with E-state index in [1.807, 2.05) is 0 Å². The van der Waals surface area contributed by atoms with Gasteiger partial charge in [-0.2, -0.15) is 17.6 Å². The molecular formula is C22H26F5N7O2. The molecule has 0 saturated carbocycles. The van der Waals surface area contributed by atoms with E-state index >= 15 is 8.78 Å². The molecule has 0 radical (unpaired) electrons. The minimum atomic E-state index is -4.53. The first kappa shape index (κ1) is 25.9. The maximum Gasteiger partial charge on any atom is 0.417 e. The largest absolute Gasteiger partial charge is 0.417 e. The summed E-state index contributed by atoms with van der Waals surface area (Å²) in [6, 6.07) is 1.46. The van der Waals surface area contributed by atoms with Crippen LogP contribution in [0.3, 0.4) is 0 Å². The third-order valence-electron chi connectivity index (χ3n) is 6.33. The Morgan fingerprint density at radius 1 is 1.19 bits per heavy atom. The molecule has 2 saturated heterocycles. The number of amides is 1. The number of hydrogen-bond acceptors (Lipinski definition) is 8. The van der Waals surface area contributed by atoms with E-state index in [1.54, 1.807) is 9.80 Å². The zero-order valence-electron chi connectivity index (χ0n) is 19.3. The number of pyridine rings is 1. The van der Waals surface area contributed by atoms with Crippen LogP contribution in [0.5, 0.6) is 0 Å². The Labute approximate surface area is 203 Å². The smallest absolute Gasteiger partial charge is 0.377 e. The Morgan fingerprint density at radius 3 is 2.58 bits per heavy atom. The number of ether oxygens (including phenoxy) is 1. The Hall–Kier alpha value is -3.13. The summed E-state index contributed by atoms with van der Waals surface area (Å²) in [5, 5.41) is 2.73. The van der Waals surface area contributed by atoms with Gasteiger partial charge in [0.2, 0.25) is 11.7 Å². The highest BCUT2D eigenvalue weighted by atomic mass is 19.4. The summed E-state index contributed by atoms with van der Waals surface area (Å²) in [7, 11) is 0. The first-order valence-electron chi connectivity index (χ1n) is 11.4. The number of nitrogens with zero attached hydrogens (tertiary/aromatic N) is 5. The van der Waals surface area contributed by atoms with E-state index in [0.29, 0.717) is 13.1 Å². The lowest BCUT2D eigenvalue weighted by molar-refractivity contribution is -0.137. The number of nitrogens with one attached hydrogen (secondary N) is 1. The van der Waals surface area contributed by atoms with Crippen molar-refractivity contribution in [2.75, 3.05) is 56.2 Å². The number of piperidine rings is 1. The summed E-state index contributed by atoms with van der Waals surface area (Å²) < 4.78 is 74.9. The van der Waals surface area contributed by atoms with Crippen LogP contribution in [-0.2, 0) is 15.7 Å². The minimum Gasteiger partial charge on any atom is -0.377 e. The molecule has 2 aromatic heterocycles. The van der Waals surface area contributed by atoms with E-state index in [1.165, 1.54) is 6.07 Å². The number of nitrogens with two attached hydrogens (primary N) is 1. The fraction of sp³-hybridized carbons (Fsp3) is 0.545. The Kier molecular flexibility index (Phi) is 7.54. The van der Waals surface area contributed by atoms with Gasteiger partial charge in [0.1, 0.15) is 12.0 Å². The van der Waals surface area contributed by atoms with Gasteiger partial charge in [0, 0.05) is 25.8 Å². The molecule has 0 aliphatic carbocycles. The number of carbonyl (C=O) groups excluding carboxylic acids is 1. The highest BCUT2D eigenvalue weighted by Gasteiger charge is 2.36. The van der Waals surface area contributed by atoms with E-state index in [-0.39, 0.29) is 63.0 Å². The van der Waals surface area contributed by atoms with E-state index in [2.05, 4.69) is 20.3 Å². The second-order valence-corrected chi connectivity index (χ2v) is 8.86. The first-order valence-corrected chi connectivity index (χ1v) is 11.4. The van der Waals surface area contributed by atoms with Crippen molar-refractivity contribution in [2.45, 2.75) is 30.7 Å². The maximum absolute atomic E-state index is 15.4. The summed E-state index contributed by atoms with van der Waals surface area (Å²) in [6.07, 6.45) is -2.40. The van der Waals surface area contributed by atoms with Gasteiger partial charge in [-0.15, -0.1) is 0 Å². The van der Waals surface area contributed by atoms with Crippen LogP contribution in [0.4, 0.5) is 33.6 Å². The zero-order chi connectivity index (χ0) is 25.9. The Bertz CT molecular complexity index is 1060. The third kappa shape index (κ3) is 5.98. The molecule has 3 N–H and O–H groups in total. The van der Waals surface area contributed by atoms with Gasteiger partial charge in [-0.3, -0.25) is 14.7 Å². The number of halogens is 5. The van der Waals surface area contributed by atoms with E-state index in [9.17, 15) is 18.0 Å². The number of morpholine rings is 1. The predicted molar refractivity (Wildman–Crippen MR) is 119 cm³/mol. The summed E-state index contributed by atoms with van der Waals surface area (Å²) in [6.45, 7) is 1.07. The number of carbonyl (C=O) groups is 1. The van der Waals surface area contributed by atoms with Crippen LogP contribution in [0.25, 0.3) is 0 Å². The number of primary amides is 1. The number of anilines is 2. The van der Waals surface area contributed by atoms with Gasteiger partial charge in [-0.25, -0.2) is 14.4 Å². The van der Waals surface area contributed by atoms with E-state index < -0.39 is 35.2 Å². The molecule has 4 heterocycles. The number of likely N-dealkylation sites (tertiary alicyclic amines) is 1. The van der Waals surface area contributed by atoms with Crippen LogP contribution in [0.2, 0.25) is 0 Å². The van der Waals surface area contributed by atoms with Gasteiger partial charge in [0.25, 0.3) is 0 Å². The number of aromatic nitrogens is 3. The predicted octanol–water partition coefficient (Wildman–Crippen LogP) is 2.31. The normalized spacial score (nSPS) is 20.8. The highest BCUT2D eigenvalue weighted by molar-refractivity contribution is 5.75. The topological polar surface area (TPSA) is 110 Å². The molecule has 2 aromatic rings. The molecule has 36 heavy (non-hydrogen) atoms. The van der Waals surface area contributed by atoms with Crippen LogP contribution in [-0.4, -0.2) is 77.4 Å². The van der Waals surface area contributed by atoms with Crippen molar-refractivity contribution < 1.29 is 31.5 Å². The molecule has 4 rings (SSSR count). The van der Waals surface area contributed by atoms with Crippen LogP contribution >= 0.6 is 0 Å². The van der Waals surface area contributed by atoms with Crippen molar-refractivity contribution in [2.24, 2.45) is 5.73 Å². The van der Waals surface area contributed by atoms with Gasteiger partial charge in [0.15, 0.2) is 11.6 Å². The van der Waals surface area contributed by atoms with Gasteiger partial charge in [0.05, 0.1) is 43.6 Å². The van der Waals surface area contributed by atoms with Crippen LogP contribution in [0, 0.1) is 5.82 Å². The SMILES string of the molecule is NC(=O)CN1CCC(F)(CNc2ncnc(N3CCOC[C@@H]3c3ccc(C(F)(F)F)cn3)c2F)CC1. The quantitative estimate of drug-likeness (QED) is 0.541. The lowest BCUT2D eigenvalue weighted by atomic mass is 9.93. The van der Waals surface area contributed by atoms with Crippen molar-refractivity contribution in [3.8, 4) is 0 Å². The number of rotatable bonds is 7. The van der Waals surface area contributed by atoms with Crippen molar-refractivity contribution in [3.63, 3.8) is 0 Å². The molecule has 2 fully saturated rings. The fourth-order valence-corrected chi connectivity index (χ4v) is 4.31. The molecule has 0 spiro atoms. The first-order chi connectivity index (χ1) is 17.1. The monoisotopic (exact) mass is 515 g/mol. The second-order valence-electron chi connectivity index (χ2n) is 8.86. The Morgan fingerprint density at radius 2 is 1.94 bits per heavy atom. The number of hydrogen-bond donors (Lipinski definition) is 2. The zero-order valence-corrected chi connectivity index (χ0v) is 19.3. The molecule has 2 aliphatic rings. The molecule has 0 bridgehead atoms. The average Bonchev–Trinajstić information content (AvgIpc) is 2.84. The lowest BCUT2D eigenvalue weighted by Crippen LogP contribution is -2.47. The Balaban J connectivity index is 1.47. The second kappa shape index (κ2) is 10.5. The minimum absolute atomic E-state index is 0.0575. The van der Waals surface area contributed by atoms with Gasteiger partial charge < -0.3 is 20.7 Å². The molecule has 0 aromatic carbocycles. The standard InChI is InChI=1S/C22H26F5N7O2/c23-18-19(30-12-21(24)3-5-33(6-4-21)10-17(28)35)31-13-32-20(18)34-7-8-36-11-16(34)15-2-1-14(9-29-15)22(25,26)27/h1-2,9,13,16H,3-8,10-12H2,(H2,28,35)(H,30,31,32)/t16-/m1/s1. The fourth-order valence-electron chi connectivity index (χ4n) is 4.31. The van der Waals surface area contributed by atoms with E-state index in [4.69, 9.17) is 10.5 Å². The van der Waals surface area contributed by atoms with Crippen molar-refractivity contribution in [1.82, 2.24) is 19.9 Å². The van der Waals surface area contributed by atoms with Crippen molar-refractivity contribution in [3.05, 3.63) is 41.7 Å². The molecule has 1 atom stereocenters. The molecular weight excluding hydrogens is 489 g/mol. The summed E-state index contributed by atoms with van der Waals surface area (Å²) >= 11 is 0. The van der Waals surface area contributed by atoms with Crippen molar-refractivity contribution in [1.29, 1.82) is 0 Å². The lowest BCUT2D eigenvalue weighted by Gasteiger charge is -2.37. The summed E-state index contributed by atoms with van der Waals surface area (Å²) in [5.74, 6) is -1.58. The third-order valence-corrected chi connectivity index (χ3v) is 6.33. The van der Waals surface area contributed by atoms with Gasteiger partial charge in [-0.05, 0) is 25.0 Å². The molecule has 0 unspecified atom stereocenters. The molecule has 14 heteroatoms. The van der Waals surface area contributed by atoms with Gasteiger partial charge >= 0.3 is 6.18 Å². The van der Waals surface area contributed by atoms with Crippen LogP contribution in [0.1, 0.15) is 30.1 Å².